The molecule has 0 radical (unpaired) electrons. The Morgan fingerprint density at radius 2 is 2.00 bits per heavy atom. The lowest BCUT2D eigenvalue weighted by Gasteiger charge is -2.22. The number of carbonyl (C=O) groups excluding carboxylic acids is 1. The molecule has 1 rings (SSSR count). The van der Waals surface area contributed by atoms with E-state index in [0.717, 1.165) is 6.26 Å². The zero-order valence-electron chi connectivity index (χ0n) is 11.9. The minimum atomic E-state index is -3.30. The largest absolute Gasteiger partial charge is 0.507 e. The number of rotatable bonds is 5. The second-order valence-corrected chi connectivity index (χ2v) is 7.75. The second-order valence-electron chi connectivity index (χ2n) is 5.10. The summed E-state index contributed by atoms with van der Waals surface area (Å²) in [5.74, 6) is -0.337. The first-order valence-corrected chi connectivity index (χ1v) is 7.82. The SMILES string of the molecule is COc1ccc(C(=O)NCC(C)(C)S(C)(=O)=O)c(O)c1. The maximum absolute atomic E-state index is 11.9. The molecule has 0 saturated carbocycles. The van der Waals surface area contributed by atoms with Crippen LogP contribution in [0.5, 0.6) is 11.5 Å². The van der Waals surface area contributed by atoms with Gasteiger partial charge in [-0.2, -0.15) is 0 Å². The van der Waals surface area contributed by atoms with Crippen molar-refractivity contribution in [2.45, 2.75) is 18.6 Å². The summed E-state index contributed by atoms with van der Waals surface area (Å²) < 4.78 is 26.9. The first kappa shape index (κ1) is 16.3. The number of aromatic hydroxyl groups is 1. The van der Waals surface area contributed by atoms with Gasteiger partial charge in [0, 0.05) is 18.9 Å². The average Bonchev–Trinajstić information content (AvgIpc) is 2.34. The van der Waals surface area contributed by atoms with Crippen molar-refractivity contribution < 1.29 is 23.1 Å². The van der Waals surface area contributed by atoms with Gasteiger partial charge in [-0.25, -0.2) is 8.42 Å². The number of phenolic OH excluding ortho intramolecular Hbond substituents is 1. The third-order valence-corrected chi connectivity index (χ3v) is 5.28. The molecule has 0 aliphatic rings. The number of carbonyl (C=O) groups is 1. The highest BCUT2D eigenvalue weighted by atomic mass is 32.2. The van der Waals surface area contributed by atoms with E-state index in [-0.39, 0.29) is 17.9 Å². The molecular weight excluding hydrogens is 282 g/mol. The Bertz CT molecular complexity index is 607. The predicted octanol–water partition coefficient (Wildman–Crippen LogP) is 0.954. The van der Waals surface area contributed by atoms with Crippen molar-refractivity contribution in [1.82, 2.24) is 5.32 Å². The number of amides is 1. The molecule has 0 atom stereocenters. The van der Waals surface area contributed by atoms with E-state index in [1.165, 1.54) is 39.2 Å². The highest BCUT2D eigenvalue weighted by Crippen LogP contribution is 2.23. The molecule has 2 N–H and O–H groups in total. The van der Waals surface area contributed by atoms with Gasteiger partial charge in [0.15, 0.2) is 9.84 Å². The predicted molar refractivity (Wildman–Crippen MR) is 75.9 cm³/mol. The van der Waals surface area contributed by atoms with Crippen LogP contribution in [0.2, 0.25) is 0 Å². The van der Waals surface area contributed by atoms with Crippen LogP contribution in [0.1, 0.15) is 24.2 Å². The molecular formula is C13H19NO5S. The van der Waals surface area contributed by atoms with E-state index in [1.54, 1.807) is 0 Å². The Hall–Kier alpha value is -1.76. The first-order valence-electron chi connectivity index (χ1n) is 5.93. The van der Waals surface area contributed by atoms with Crippen LogP contribution in [-0.4, -0.2) is 44.1 Å². The minimum Gasteiger partial charge on any atom is -0.507 e. The van der Waals surface area contributed by atoms with Gasteiger partial charge >= 0.3 is 0 Å². The van der Waals surface area contributed by atoms with Crippen molar-refractivity contribution in [3.05, 3.63) is 23.8 Å². The highest BCUT2D eigenvalue weighted by Gasteiger charge is 2.30. The van der Waals surface area contributed by atoms with E-state index in [9.17, 15) is 18.3 Å². The highest BCUT2D eigenvalue weighted by molar-refractivity contribution is 7.92. The topological polar surface area (TPSA) is 92.7 Å². The standard InChI is InChI=1S/C13H19NO5S/c1-13(2,20(4,17)18)8-14-12(16)10-6-5-9(19-3)7-11(10)15/h5-7,15H,8H2,1-4H3,(H,14,16). The lowest BCUT2D eigenvalue weighted by molar-refractivity contribution is 0.0948. The number of phenols is 1. The van der Waals surface area contributed by atoms with Gasteiger partial charge in [0.25, 0.3) is 5.91 Å². The molecule has 112 valence electrons. The van der Waals surface area contributed by atoms with Crippen LogP contribution in [0.25, 0.3) is 0 Å². The molecule has 0 spiro atoms. The summed E-state index contributed by atoms with van der Waals surface area (Å²) in [6.45, 7) is 3.00. The summed E-state index contributed by atoms with van der Waals surface area (Å²) >= 11 is 0. The summed E-state index contributed by atoms with van der Waals surface area (Å²) in [5.41, 5.74) is 0.0649. The summed E-state index contributed by atoms with van der Waals surface area (Å²) in [7, 11) is -1.85. The molecule has 0 fully saturated rings. The Labute approximate surface area is 118 Å². The average molecular weight is 301 g/mol. The van der Waals surface area contributed by atoms with Crippen molar-refractivity contribution in [3.8, 4) is 11.5 Å². The molecule has 0 aliphatic heterocycles. The van der Waals surface area contributed by atoms with Gasteiger partial charge in [-0.05, 0) is 26.0 Å². The van der Waals surface area contributed by atoms with Crippen molar-refractivity contribution in [2.24, 2.45) is 0 Å². The van der Waals surface area contributed by atoms with E-state index in [4.69, 9.17) is 4.74 Å². The maximum atomic E-state index is 11.9. The molecule has 20 heavy (non-hydrogen) atoms. The molecule has 0 aliphatic carbocycles. The molecule has 7 heteroatoms. The summed E-state index contributed by atoms with van der Waals surface area (Å²) in [5, 5.41) is 12.2. The normalized spacial score (nSPS) is 12.0. The molecule has 1 aromatic carbocycles. The van der Waals surface area contributed by atoms with Crippen molar-refractivity contribution >= 4 is 15.7 Å². The first-order chi connectivity index (χ1) is 9.08. The van der Waals surface area contributed by atoms with Gasteiger partial charge in [-0.1, -0.05) is 0 Å². The Balaban J connectivity index is 2.83. The van der Waals surface area contributed by atoms with Crippen LogP contribution in [0.3, 0.4) is 0 Å². The van der Waals surface area contributed by atoms with Gasteiger partial charge in [-0.15, -0.1) is 0 Å². The summed E-state index contributed by atoms with van der Waals surface area (Å²) in [6.07, 6.45) is 1.12. The van der Waals surface area contributed by atoms with Gasteiger partial charge in [0.1, 0.15) is 11.5 Å². The fourth-order valence-corrected chi connectivity index (χ4v) is 1.68. The lowest BCUT2D eigenvalue weighted by atomic mass is 10.1. The van der Waals surface area contributed by atoms with Crippen LogP contribution < -0.4 is 10.1 Å². The van der Waals surface area contributed by atoms with Crippen LogP contribution in [-0.2, 0) is 9.84 Å². The molecule has 0 saturated heterocycles. The third-order valence-electron chi connectivity index (χ3n) is 3.13. The van der Waals surface area contributed by atoms with E-state index in [2.05, 4.69) is 5.32 Å². The number of hydrogen-bond acceptors (Lipinski definition) is 5. The van der Waals surface area contributed by atoms with Crippen LogP contribution in [0.15, 0.2) is 18.2 Å². The van der Waals surface area contributed by atoms with Gasteiger partial charge < -0.3 is 15.2 Å². The molecule has 0 heterocycles. The van der Waals surface area contributed by atoms with E-state index < -0.39 is 20.5 Å². The third kappa shape index (κ3) is 3.63. The van der Waals surface area contributed by atoms with Crippen LogP contribution in [0, 0.1) is 0 Å². The quantitative estimate of drug-likeness (QED) is 0.845. The molecule has 1 aromatic rings. The zero-order chi connectivity index (χ0) is 15.6. The number of sulfone groups is 1. The Kier molecular flexibility index (Phi) is 4.65. The molecule has 1 amide bonds. The molecule has 0 aromatic heterocycles. The number of ether oxygens (including phenoxy) is 1. The fraction of sp³-hybridized carbons (Fsp3) is 0.462. The Morgan fingerprint density at radius 3 is 2.45 bits per heavy atom. The zero-order valence-corrected chi connectivity index (χ0v) is 12.7. The second kappa shape index (κ2) is 5.70. The van der Waals surface area contributed by atoms with Gasteiger partial charge in [0.2, 0.25) is 0 Å². The number of hydrogen-bond donors (Lipinski definition) is 2. The molecule has 0 bridgehead atoms. The summed E-state index contributed by atoms with van der Waals surface area (Å²) in [6, 6.07) is 4.27. The maximum Gasteiger partial charge on any atom is 0.255 e. The Morgan fingerprint density at radius 1 is 1.40 bits per heavy atom. The number of methoxy groups -OCH3 is 1. The molecule has 6 nitrogen and oxygen atoms in total. The summed E-state index contributed by atoms with van der Waals surface area (Å²) in [4.78, 5) is 11.9. The lowest BCUT2D eigenvalue weighted by Crippen LogP contribution is -2.43. The molecule has 0 unspecified atom stereocenters. The number of nitrogens with one attached hydrogen (secondary N) is 1. The van der Waals surface area contributed by atoms with Crippen molar-refractivity contribution in [2.75, 3.05) is 19.9 Å². The van der Waals surface area contributed by atoms with Gasteiger partial charge in [0.05, 0.1) is 17.4 Å². The van der Waals surface area contributed by atoms with Crippen LogP contribution >= 0.6 is 0 Å². The minimum absolute atomic E-state index is 0.0455. The van der Waals surface area contributed by atoms with E-state index in [0.29, 0.717) is 5.75 Å². The fourth-order valence-electron chi connectivity index (χ4n) is 1.35. The van der Waals surface area contributed by atoms with Crippen molar-refractivity contribution in [1.29, 1.82) is 0 Å². The van der Waals surface area contributed by atoms with Crippen molar-refractivity contribution in [3.63, 3.8) is 0 Å². The monoisotopic (exact) mass is 301 g/mol. The number of benzene rings is 1. The van der Waals surface area contributed by atoms with E-state index >= 15 is 0 Å². The van der Waals surface area contributed by atoms with E-state index in [1.807, 2.05) is 0 Å². The van der Waals surface area contributed by atoms with Gasteiger partial charge in [-0.3, -0.25) is 4.79 Å². The van der Waals surface area contributed by atoms with Crippen LogP contribution in [0.4, 0.5) is 0 Å². The smallest absolute Gasteiger partial charge is 0.255 e.